The highest BCUT2D eigenvalue weighted by atomic mass is 16.5. The van der Waals surface area contributed by atoms with E-state index in [0.717, 1.165) is 25.7 Å². The van der Waals surface area contributed by atoms with Crippen molar-refractivity contribution in [1.29, 1.82) is 5.41 Å². The molecule has 0 saturated heterocycles. The molecule has 1 aromatic rings. The maximum Gasteiger partial charge on any atom is 0.206 e. The predicted octanol–water partition coefficient (Wildman–Crippen LogP) is 3.70. The first-order chi connectivity index (χ1) is 9.61. The van der Waals surface area contributed by atoms with E-state index in [2.05, 4.69) is 12.1 Å². The zero-order valence-corrected chi connectivity index (χ0v) is 13.1. The Labute approximate surface area is 121 Å². The van der Waals surface area contributed by atoms with Crippen molar-refractivity contribution in [2.45, 2.75) is 66.2 Å². The fourth-order valence-corrected chi connectivity index (χ4v) is 1.78. The van der Waals surface area contributed by atoms with Gasteiger partial charge in [-0.05, 0) is 19.3 Å². The second-order valence-electron chi connectivity index (χ2n) is 4.38. The van der Waals surface area contributed by atoms with Gasteiger partial charge in [0, 0.05) is 12.0 Å². The standard InChI is InChI=1S/C13H21N3O2.C2H6/c1-3-5-7-9-11(13(14)15)16-18-12(9)10(17)8-6-4-2;1-2/h3-8H2,1-2H3,(H3,14,15);1-2H3. The molecule has 1 aromatic heterocycles. The van der Waals surface area contributed by atoms with Crippen LogP contribution in [0.5, 0.6) is 0 Å². The number of Topliss-reactive ketones (excluding diaryl/α,β-unsaturated/α-hetero) is 1. The summed E-state index contributed by atoms with van der Waals surface area (Å²) in [5, 5.41) is 11.2. The largest absolute Gasteiger partial charge is 0.382 e. The van der Waals surface area contributed by atoms with Crippen LogP contribution in [0.2, 0.25) is 0 Å². The Morgan fingerprint density at radius 1 is 1.25 bits per heavy atom. The first-order valence-corrected chi connectivity index (χ1v) is 7.47. The molecule has 1 rings (SSSR count). The van der Waals surface area contributed by atoms with E-state index in [1.54, 1.807) is 0 Å². The molecular weight excluding hydrogens is 254 g/mol. The SMILES string of the molecule is CC.CCCCC(=O)c1onc(C(=N)N)c1CCCC. The minimum absolute atomic E-state index is 0.0389. The number of hydrogen-bond acceptors (Lipinski definition) is 4. The fraction of sp³-hybridized carbons (Fsp3) is 0.667. The van der Waals surface area contributed by atoms with Gasteiger partial charge in [0.1, 0.15) is 5.84 Å². The van der Waals surface area contributed by atoms with E-state index >= 15 is 0 Å². The van der Waals surface area contributed by atoms with E-state index in [9.17, 15) is 4.79 Å². The highest BCUT2D eigenvalue weighted by molar-refractivity contribution is 6.00. The van der Waals surface area contributed by atoms with Gasteiger partial charge in [-0.15, -0.1) is 0 Å². The van der Waals surface area contributed by atoms with E-state index < -0.39 is 0 Å². The van der Waals surface area contributed by atoms with Crippen LogP contribution in [-0.4, -0.2) is 16.8 Å². The molecule has 20 heavy (non-hydrogen) atoms. The molecule has 0 amide bonds. The van der Waals surface area contributed by atoms with E-state index in [0.29, 0.717) is 29.9 Å². The van der Waals surface area contributed by atoms with Crippen LogP contribution < -0.4 is 5.73 Å². The van der Waals surface area contributed by atoms with Crippen molar-refractivity contribution in [3.63, 3.8) is 0 Å². The highest BCUT2D eigenvalue weighted by Crippen LogP contribution is 2.19. The van der Waals surface area contributed by atoms with Crippen LogP contribution >= 0.6 is 0 Å². The molecule has 0 aliphatic heterocycles. The monoisotopic (exact) mass is 281 g/mol. The van der Waals surface area contributed by atoms with Gasteiger partial charge >= 0.3 is 0 Å². The molecule has 114 valence electrons. The summed E-state index contributed by atoms with van der Waals surface area (Å²) < 4.78 is 5.09. The number of nitrogens with zero attached hydrogens (tertiary/aromatic N) is 1. The maximum absolute atomic E-state index is 12.0. The zero-order chi connectivity index (χ0) is 15.5. The first kappa shape index (κ1) is 18.4. The van der Waals surface area contributed by atoms with Crippen molar-refractivity contribution in [1.82, 2.24) is 5.16 Å². The van der Waals surface area contributed by atoms with Crippen molar-refractivity contribution in [2.75, 3.05) is 0 Å². The molecule has 5 nitrogen and oxygen atoms in total. The van der Waals surface area contributed by atoms with Gasteiger partial charge in [-0.3, -0.25) is 10.2 Å². The van der Waals surface area contributed by atoms with Gasteiger partial charge in [-0.2, -0.15) is 0 Å². The van der Waals surface area contributed by atoms with Crippen LogP contribution in [-0.2, 0) is 6.42 Å². The molecule has 5 heteroatoms. The lowest BCUT2D eigenvalue weighted by Gasteiger charge is -2.01. The average molecular weight is 281 g/mol. The molecule has 0 fully saturated rings. The van der Waals surface area contributed by atoms with Gasteiger partial charge in [0.05, 0.1) is 0 Å². The van der Waals surface area contributed by atoms with Crippen LogP contribution in [0.4, 0.5) is 0 Å². The van der Waals surface area contributed by atoms with Gasteiger partial charge in [0.15, 0.2) is 5.69 Å². The minimum Gasteiger partial charge on any atom is -0.382 e. The molecule has 0 radical (unpaired) electrons. The third-order valence-corrected chi connectivity index (χ3v) is 2.83. The number of nitrogen functional groups attached to an aromatic ring is 1. The fourth-order valence-electron chi connectivity index (χ4n) is 1.78. The van der Waals surface area contributed by atoms with Crippen LogP contribution in [0.3, 0.4) is 0 Å². The quantitative estimate of drug-likeness (QED) is 0.431. The topological polar surface area (TPSA) is 93.0 Å². The highest BCUT2D eigenvalue weighted by Gasteiger charge is 2.22. The molecule has 0 spiro atoms. The van der Waals surface area contributed by atoms with Crippen molar-refractivity contribution in [3.05, 3.63) is 17.0 Å². The van der Waals surface area contributed by atoms with Crippen LogP contribution in [0.1, 0.15) is 81.6 Å². The molecule has 3 N–H and O–H groups in total. The Morgan fingerprint density at radius 3 is 2.35 bits per heavy atom. The second-order valence-corrected chi connectivity index (χ2v) is 4.38. The smallest absolute Gasteiger partial charge is 0.206 e. The number of nitrogens with two attached hydrogens (primary N) is 1. The summed E-state index contributed by atoms with van der Waals surface area (Å²) in [5.74, 6) is 0.115. The summed E-state index contributed by atoms with van der Waals surface area (Å²) in [6.07, 6.45) is 4.87. The van der Waals surface area contributed by atoms with Gasteiger partial charge in [-0.1, -0.05) is 45.7 Å². The minimum atomic E-state index is -0.139. The van der Waals surface area contributed by atoms with Crippen molar-refractivity contribution < 1.29 is 9.32 Å². The van der Waals surface area contributed by atoms with Crippen LogP contribution in [0.15, 0.2) is 4.52 Å². The van der Waals surface area contributed by atoms with Crippen LogP contribution in [0, 0.1) is 5.41 Å². The molecular formula is C15H27N3O2. The van der Waals surface area contributed by atoms with Gasteiger partial charge < -0.3 is 10.3 Å². The first-order valence-electron chi connectivity index (χ1n) is 7.47. The molecule has 0 aliphatic carbocycles. The zero-order valence-electron chi connectivity index (χ0n) is 13.1. The molecule has 0 bridgehead atoms. The number of ketones is 1. The number of unbranched alkanes of at least 4 members (excludes halogenated alkanes) is 2. The van der Waals surface area contributed by atoms with Gasteiger partial charge in [0.25, 0.3) is 0 Å². The Bertz CT molecular complexity index is 425. The van der Waals surface area contributed by atoms with Crippen molar-refractivity contribution in [3.8, 4) is 0 Å². The molecule has 0 saturated carbocycles. The van der Waals surface area contributed by atoms with Crippen molar-refractivity contribution >= 4 is 11.6 Å². The number of hydrogen-bond donors (Lipinski definition) is 2. The summed E-state index contributed by atoms with van der Waals surface area (Å²) in [5.41, 5.74) is 6.47. The Morgan fingerprint density at radius 2 is 1.85 bits per heavy atom. The molecule has 0 atom stereocenters. The third kappa shape index (κ3) is 5.15. The number of rotatable bonds is 8. The number of nitrogens with one attached hydrogen (secondary N) is 1. The third-order valence-electron chi connectivity index (χ3n) is 2.83. The number of aromatic nitrogens is 1. The lowest BCUT2D eigenvalue weighted by Crippen LogP contribution is -2.14. The second kappa shape index (κ2) is 10.2. The van der Waals surface area contributed by atoms with E-state index in [-0.39, 0.29) is 11.6 Å². The van der Waals surface area contributed by atoms with Gasteiger partial charge in [-0.25, -0.2) is 0 Å². The number of carbonyl (C=O) groups is 1. The molecule has 0 unspecified atom stereocenters. The van der Waals surface area contributed by atoms with E-state index in [1.165, 1.54) is 0 Å². The lowest BCUT2D eigenvalue weighted by atomic mass is 10.0. The summed E-state index contributed by atoms with van der Waals surface area (Å²) >= 11 is 0. The van der Waals surface area contributed by atoms with E-state index in [4.69, 9.17) is 15.7 Å². The molecule has 0 aromatic carbocycles. The average Bonchev–Trinajstić information content (AvgIpc) is 2.88. The summed E-state index contributed by atoms with van der Waals surface area (Å²) in [4.78, 5) is 12.0. The lowest BCUT2D eigenvalue weighted by molar-refractivity contribution is 0.0942. The van der Waals surface area contributed by atoms with Crippen molar-refractivity contribution in [2.24, 2.45) is 5.73 Å². The Balaban J connectivity index is 0.00000172. The number of carbonyl (C=O) groups excluding carboxylic acids is 1. The Kier molecular flexibility index (Phi) is 9.34. The summed E-state index contributed by atoms with van der Waals surface area (Å²) in [6.45, 7) is 8.10. The van der Waals surface area contributed by atoms with E-state index in [1.807, 2.05) is 20.8 Å². The molecule has 1 heterocycles. The summed E-state index contributed by atoms with van der Waals surface area (Å²) in [7, 11) is 0. The normalized spacial score (nSPS) is 9.80. The number of amidine groups is 1. The van der Waals surface area contributed by atoms with Crippen LogP contribution in [0.25, 0.3) is 0 Å². The maximum atomic E-state index is 12.0. The molecule has 0 aliphatic rings. The summed E-state index contributed by atoms with van der Waals surface area (Å²) in [6, 6.07) is 0. The predicted molar refractivity (Wildman–Crippen MR) is 81.3 cm³/mol. The Hall–Kier alpha value is -1.65. The van der Waals surface area contributed by atoms with Gasteiger partial charge in [0.2, 0.25) is 11.5 Å².